The molecule has 0 saturated heterocycles. The average Bonchev–Trinajstić information content (AvgIpc) is 2.96. The molecule has 2 N–H and O–H groups in total. The van der Waals surface area contributed by atoms with Gasteiger partial charge in [0.05, 0.1) is 10.4 Å². The molecule has 5 nitrogen and oxygen atoms in total. The quantitative estimate of drug-likeness (QED) is 0.852. The van der Waals surface area contributed by atoms with E-state index in [1.807, 2.05) is 45.0 Å². The van der Waals surface area contributed by atoms with Crippen LogP contribution in [0.15, 0.2) is 29.6 Å². The Morgan fingerprint density at radius 1 is 1.30 bits per heavy atom. The highest BCUT2D eigenvalue weighted by atomic mass is 32.1. The Labute approximate surface area is 139 Å². The molecule has 0 saturated carbocycles. The molecule has 0 atom stereocenters. The summed E-state index contributed by atoms with van der Waals surface area (Å²) in [6.45, 7) is 6.22. The fraction of sp³-hybridized carbons (Fsp3) is 0.353. The summed E-state index contributed by atoms with van der Waals surface area (Å²) in [5.41, 5.74) is 1.51. The topological polar surface area (TPSA) is 79.3 Å². The Morgan fingerprint density at radius 3 is 2.61 bits per heavy atom. The van der Waals surface area contributed by atoms with Crippen molar-refractivity contribution in [2.45, 2.75) is 32.6 Å². The van der Waals surface area contributed by atoms with E-state index in [-0.39, 0.29) is 11.6 Å². The van der Waals surface area contributed by atoms with Crippen LogP contribution in [0.3, 0.4) is 0 Å². The third-order valence-electron chi connectivity index (χ3n) is 3.78. The molecular weight excluding hydrogens is 312 g/mol. The first kappa shape index (κ1) is 17.1. The summed E-state index contributed by atoms with van der Waals surface area (Å²) >= 11 is 1.29. The predicted molar refractivity (Wildman–Crippen MR) is 90.0 cm³/mol. The molecule has 6 heteroatoms. The molecule has 0 bridgehead atoms. The highest BCUT2D eigenvalue weighted by Gasteiger charge is 2.30. The number of aromatic nitrogens is 1. The molecule has 0 spiro atoms. The van der Waals surface area contributed by atoms with Gasteiger partial charge in [-0.05, 0) is 31.9 Å². The molecule has 1 heterocycles. The number of aromatic carboxylic acids is 1. The summed E-state index contributed by atoms with van der Waals surface area (Å²) in [5, 5.41) is 14.0. The van der Waals surface area contributed by atoms with Crippen LogP contribution < -0.4 is 5.32 Å². The Morgan fingerprint density at radius 2 is 2.00 bits per heavy atom. The minimum absolute atomic E-state index is 0.0524. The van der Waals surface area contributed by atoms with Crippen LogP contribution in [0, 0.1) is 6.92 Å². The molecular formula is C17H20N2O3S. The van der Waals surface area contributed by atoms with Gasteiger partial charge in [0.2, 0.25) is 5.91 Å². The number of carbonyl (C=O) groups excluding carboxylic acids is 1. The minimum Gasteiger partial charge on any atom is -0.476 e. The normalized spacial score (nSPS) is 11.3. The maximum Gasteiger partial charge on any atom is 0.355 e. The molecule has 0 aliphatic heterocycles. The van der Waals surface area contributed by atoms with Crippen LogP contribution in [0.5, 0.6) is 0 Å². The monoisotopic (exact) mass is 332 g/mol. The zero-order chi connectivity index (χ0) is 17.0. The molecule has 2 rings (SSSR count). The minimum atomic E-state index is -1.03. The first-order chi connectivity index (χ1) is 10.8. The second-order valence-corrected chi connectivity index (χ2v) is 6.82. The van der Waals surface area contributed by atoms with Crippen molar-refractivity contribution in [2.75, 3.05) is 6.54 Å². The van der Waals surface area contributed by atoms with E-state index >= 15 is 0 Å². The number of benzene rings is 1. The van der Waals surface area contributed by atoms with E-state index in [4.69, 9.17) is 5.11 Å². The number of nitrogens with zero attached hydrogens (tertiary/aromatic N) is 1. The SMILES string of the molecule is Cc1ccccc1C(C)(C)C(=O)NCCc1nc(C(=O)O)cs1. The van der Waals surface area contributed by atoms with Crippen LogP contribution in [0.4, 0.5) is 0 Å². The molecule has 0 fully saturated rings. The van der Waals surface area contributed by atoms with Crippen LogP contribution in [0.2, 0.25) is 0 Å². The van der Waals surface area contributed by atoms with E-state index in [2.05, 4.69) is 10.3 Å². The largest absolute Gasteiger partial charge is 0.476 e. The number of nitrogens with one attached hydrogen (secondary N) is 1. The highest BCUT2D eigenvalue weighted by molar-refractivity contribution is 7.09. The Hall–Kier alpha value is -2.21. The van der Waals surface area contributed by atoms with Gasteiger partial charge in [0.15, 0.2) is 5.69 Å². The Kier molecular flexibility index (Phi) is 5.15. The standard InChI is InChI=1S/C17H20N2O3S/c1-11-6-4-5-7-12(11)17(2,3)16(22)18-9-8-14-19-13(10-23-14)15(20)21/h4-7,10H,8-9H2,1-3H3,(H,18,22)(H,20,21). The van der Waals surface area contributed by atoms with Crippen molar-refractivity contribution in [1.29, 1.82) is 0 Å². The van der Waals surface area contributed by atoms with Crippen LogP contribution in [-0.4, -0.2) is 28.5 Å². The highest BCUT2D eigenvalue weighted by Crippen LogP contribution is 2.26. The molecule has 0 unspecified atom stereocenters. The fourth-order valence-electron chi connectivity index (χ4n) is 2.42. The maximum absolute atomic E-state index is 12.5. The summed E-state index contributed by atoms with van der Waals surface area (Å²) in [4.78, 5) is 27.3. The number of carboxylic acid groups (broad SMARTS) is 1. The third-order valence-corrected chi connectivity index (χ3v) is 4.69. The average molecular weight is 332 g/mol. The third kappa shape index (κ3) is 3.96. The molecule has 23 heavy (non-hydrogen) atoms. The number of carboxylic acids is 1. The van der Waals surface area contributed by atoms with Crippen molar-refractivity contribution in [3.8, 4) is 0 Å². The maximum atomic E-state index is 12.5. The lowest BCUT2D eigenvalue weighted by atomic mass is 9.81. The van der Waals surface area contributed by atoms with E-state index in [1.165, 1.54) is 16.7 Å². The van der Waals surface area contributed by atoms with E-state index in [9.17, 15) is 9.59 Å². The van der Waals surface area contributed by atoms with Crippen LogP contribution in [-0.2, 0) is 16.6 Å². The van der Waals surface area contributed by atoms with E-state index in [0.29, 0.717) is 18.0 Å². The first-order valence-corrected chi connectivity index (χ1v) is 8.22. The summed E-state index contributed by atoms with van der Waals surface area (Å²) < 4.78 is 0. The van der Waals surface area contributed by atoms with Crippen molar-refractivity contribution < 1.29 is 14.7 Å². The molecule has 1 aromatic carbocycles. The van der Waals surface area contributed by atoms with Crippen molar-refractivity contribution in [1.82, 2.24) is 10.3 Å². The molecule has 0 radical (unpaired) electrons. The summed E-state index contributed by atoms with van der Waals surface area (Å²) in [5.74, 6) is -1.08. The second kappa shape index (κ2) is 6.91. The molecule has 0 aliphatic carbocycles. The lowest BCUT2D eigenvalue weighted by Crippen LogP contribution is -2.41. The fourth-order valence-corrected chi connectivity index (χ4v) is 3.20. The number of hydrogen-bond acceptors (Lipinski definition) is 4. The van der Waals surface area contributed by atoms with E-state index in [0.717, 1.165) is 11.1 Å². The van der Waals surface area contributed by atoms with Gasteiger partial charge in [0.1, 0.15) is 0 Å². The van der Waals surface area contributed by atoms with Gasteiger partial charge in [-0.15, -0.1) is 11.3 Å². The second-order valence-electron chi connectivity index (χ2n) is 5.88. The Bertz CT molecular complexity index is 722. The summed E-state index contributed by atoms with van der Waals surface area (Å²) in [7, 11) is 0. The number of aryl methyl sites for hydroxylation is 1. The van der Waals surface area contributed by atoms with Gasteiger partial charge >= 0.3 is 5.97 Å². The van der Waals surface area contributed by atoms with Crippen molar-refractivity contribution in [3.05, 3.63) is 51.5 Å². The van der Waals surface area contributed by atoms with Gasteiger partial charge in [-0.25, -0.2) is 9.78 Å². The van der Waals surface area contributed by atoms with Crippen LogP contribution >= 0.6 is 11.3 Å². The zero-order valence-electron chi connectivity index (χ0n) is 13.4. The first-order valence-electron chi connectivity index (χ1n) is 7.34. The van der Waals surface area contributed by atoms with E-state index in [1.54, 1.807) is 0 Å². The molecule has 1 amide bonds. The van der Waals surface area contributed by atoms with Crippen molar-refractivity contribution in [2.24, 2.45) is 0 Å². The number of carbonyl (C=O) groups is 2. The number of rotatable bonds is 6. The predicted octanol–water partition coefficient (Wildman–Crippen LogP) is 2.79. The van der Waals surface area contributed by atoms with Crippen molar-refractivity contribution >= 4 is 23.2 Å². The van der Waals surface area contributed by atoms with Crippen molar-refractivity contribution in [3.63, 3.8) is 0 Å². The molecule has 122 valence electrons. The van der Waals surface area contributed by atoms with Crippen LogP contribution in [0.1, 0.15) is 40.5 Å². The van der Waals surface area contributed by atoms with Gasteiger partial charge in [-0.3, -0.25) is 4.79 Å². The molecule has 2 aromatic rings. The number of thiazole rings is 1. The smallest absolute Gasteiger partial charge is 0.355 e. The lowest BCUT2D eigenvalue weighted by molar-refractivity contribution is -0.125. The van der Waals surface area contributed by atoms with Crippen LogP contribution in [0.25, 0.3) is 0 Å². The van der Waals surface area contributed by atoms with Gasteiger partial charge in [-0.2, -0.15) is 0 Å². The Balaban J connectivity index is 1.96. The van der Waals surface area contributed by atoms with Gasteiger partial charge in [0.25, 0.3) is 0 Å². The number of hydrogen-bond donors (Lipinski definition) is 2. The lowest BCUT2D eigenvalue weighted by Gasteiger charge is -2.25. The molecule has 0 aliphatic rings. The molecule has 1 aromatic heterocycles. The zero-order valence-corrected chi connectivity index (χ0v) is 14.2. The summed E-state index contributed by atoms with van der Waals surface area (Å²) in [6.07, 6.45) is 0.521. The van der Waals surface area contributed by atoms with Gasteiger partial charge in [0, 0.05) is 18.3 Å². The van der Waals surface area contributed by atoms with E-state index < -0.39 is 11.4 Å². The van der Waals surface area contributed by atoms with Gasteiger partial charge < -0.3 is 10.4 Å². The van der Waals surface area contributed by atoms with Gasteiger partial charge in [-0.1, -0.05) is 24.3 Å². The summed E-state index contributed by atoms with van der Waals surface area (Å²) in [6, 6.07) is 7.85. The number of amides is 1.